The summed E-state index contributed by atoms with van der Waals surface area (Å²) in [5.41, 5.74) is 5.88. The Bertz CT molecular complexity index is 1930. The Morgan fingerprint density at radius 1 is 0.911 bits per heavy atom. The van der Waals surface area contributed by atoms with Crippen molar-refractivity contribution < 1.29 is 32.3 Å². The molecule has 0 bridgehead atoms. The smallest absolute Gasteiger partial charge is 0.383 e. The first-order chi connectivity index (χ1) is 21.6. The van der Waals surface area contributed by atoms with Gasteiger partial charge in [-0.3, -0.25) is 4.79 Å². The average Bonchev–Trinajstić information content (AvgIpc) is 3.56. The Morgan fingerprint density at radius 3 is 2.33 bits per heavy atom. The Kier molecular flexibility index (Phi) is 7.97. The number of benzene rings is 4. The molecule has 0 spiro atoms. The van der Waals surface area contributed by atoms with Crippen LogP contribution in [-0.2, 0) is 29.0 Å². The van der Waals surface area contributed by atoms with E-state index in [1.54, 1.807) is 29.2 Å². The molecule has 0 N–H and O–H groups in total. The number of hydrogen-bond acceptors (Lipinski definition) is 5. The van der Waals surface area contributed by atoms with E-state index >= 15 is 0 Å². The molecule has 0 saturated carbocycles. The van der Waals surface area contributed by atoms with Gasteiger partial charge in [-0.2, -0.15) is 13.2 Å². The summed E-state index contributed by atoms with van der Waals surface area (Å²) in [4.78, 5) is 43.6. The molecule has 2 heterocycles. The summed E-state index contributed by atoms with van der Waals surface area (Å²) in [6.45, 7) is 3.10. The van der Waals surface area contributed by atoms with Crippen LogP contribution in [0.15, 0.2) is 91.0 Å². The highest BCUT2D eigenvalue weighted by Crippen LogP contribution is 2.32. The van der Waals surface area contributed by atoms with Gasteiger partial charge in [-0.25, -0.2) is 14.6 Å². The minimum Gasteiger partial charge on any atom is -0.383 e. The van der Waals surface area contributed by atoms with Crippen molar-refractivity contribution in [1.82, 2.24) is 9.55 Å². The van der Waals surface area contributed by atoms with Gasteiger partial charge in [0.1, 0.15) is 5.82 Å². The zero-order valence-electron chi connectivity index (χ0n) is 24.3. The number of unbranched alkanes of at least 4 members (excludes halogenated alkanes) is 1. The summed E-state index contributed by atoms with van der Waals surface area (Å²) in [5.74, 6) is -3.06. The predicted octanol–water partition coefficient (Wildman–Crippen LogP) is 7.50. The molecule has 1 aromatic heterocycles. The topological polar surface area (TPSA) is 81.5 Å². The Hall–Kier alpha value is -5.25. The number of hydrogen-bond donors (Lipinski definition) is 0. The molecule has 6 rings (SSSR count). The van der Waals surface area contributed by atoms with E-state index in [0.29, 0.717) is 29.8 Å². The van der Waals surface area contributed by atoms with E-state index in [-0.39, 0.29) is 11.5 Å². The lowest BCUT2D eigenvalue weighted by Crippen LogP contribution is -2.28. The number of nitrogens with zero attached hydrogens (tertiary/aromatic N) is 3. The first-order valence-electron chi connectivity index (χ1n) is 14.5. The maximum atomic E-state index is 13.2. The molecular formula is C35H28F3N3O4. The van der Waals surface area contributed by atoms with Gasteiger partial charge in [0.05, 0.1) is 23.1 Å². The van der Waals surface area contributed by atoms with Gasteiger partial charge in [0.15, 0.2) is 0 Å². The molecule has 1 aliphatic rings. The summed E-state index contributed by atoms with van der Waals surface area (Å²) >= 11 is 0. The van der Waals surface area contributed by atoms with Crippen molar-refractivity contribution in [3.8, 4) is 11.1 Å². The standard InChI is InChI=1S/C35H28F3N3O4/c1-2-3-12-31-39-29-18-17-25(40-21-24-8-4-5-10-27(24)32(40)42)19-30(29)41(31)20-22-13-15-23(16-14-22)26-9-6-7-11-28(26)33(43)45-34(44)35(36,37)38/h4-11,13-19H,2-3,12,20-21H2,1H3. The summed E-state index contributed by atoms with van der Waals surface area (Å²) in [7, 11) is 0. The van der Waals surface area contributed by atoms with Crippen molar-refractivity contribution in [1.29, 1.82) is 0 Å². The van der Waals surface area contributed by atoms with Crippen LogP contribution in [0, 0.1) is 0 Å². The van der Waals surface area contributed by atoms with Gasteiger partial charge in [0, 0.05) is 24.2 Å². The van der Waals surface area contributed by atoms with Gasteiger partial charge in [-0.05, 0) is 59.0 Å². The van der Waals surface area contributed by atoms with E-state index in [0.717, 1.165) is 52.9 Å². The molecule has 0 atom stereocenters. The number of aromatic nitrogens is 2. The fourth-order valence-electron chi connectivity index (χ4n) is 5.58. The van der Waals surface area contributed by atoms with Crippen molar-refractivity contribution in [3.05, 3.63) is 119 Å². The first-order valence-corrected chi connectivity index (χ1v) is 14.5. The molecule has 45 heavy (non-hydrogen) atoms. The number of imidazole rings is 1. The van der Waals surface area contributed by atoms with Crippen LogP contribution in [0.5, 0.6) is 0 Å². The third-order valence-electron chi connectivity index (χ3n) is 7.87. The minimum atomic E-state index is -5.28. The molecule has 1 amide bonds. The number of aryl methyl sites for hydroxylation is 1. The second kappa shape index (κ2) is 12.0. The Morgan fingerprint density at radius 2 is 1.62 bits per heavy atom. The molecule has 7 nitrogen and oxygen atoms in total. The maximum Gasteiger partial charge on any atom is 0.491 e. The summed E-state index contributed by atoms with van der Waals surface area (Å²) in [5, 5.41) is 0. The molecule has 0 fully saturated rings. The number of carbonyl (C=O) groups is 3. The first kappa shape index (κ1) is 29.8. The van der Waals surface area contributed by atoms with Gasteiger partial charge in [-0.1, -0.05) is 74.0 Å². The van der Waals surface area contributed by atoms with Gasteiger partial charge in [-0.15, -0.1) is 0 Å². The normalized spacial score (nSPS) is 12.9. The summed E-state index contributed by atoms with van der Waals surface area (Å²) in [6, 6.07) is 26.8. The number of rotatable bonds is 8. The van der Waals surface area contributed by atoms with Crippen molar-refractivity contribution in [3.63, 3.8) is 0 Å². The highest BCUT2D eigenvalue weighted by molar-refractivity contribution is 6.10. The number of carbonyl (C=O) groups excluding carboxylic acids is 3. The molecule has 228 valence electrons. The lowest BCUT2D eigenvalue weighted by molar-refractivity contribution is -0.193. The zero-order valence-corrected chi connectivity index (χ0v) is 24.3. The largest absolute Gasteiger partial charge is 0.491 e. The fraction of sp³-hybridized carbons (Fsp3) is 0.200. The molecular weight excluding hydrogens is 583 g/mol. The van der Waals surface area contributed by atoms with Crippen LogP contribution in [-0.4, -0.2) is 33.6 Å². The van der Waals surface area contributed by atoms with Crippen LogP contribution in [0.1, 0.15) is 57.4 Å². The van der Waals surface area contributed by atoms with Crippen molar-refractivity contribution in [2.24, 2.45) is 0 Å². The molecule has 1 aliphatic heterocycles. The average molecular weight is 612 g/mol. The lowest BCUT2D eigenvalue weighted by Gasteiger charge is -2.17. The Balaban J connectivity index is 1.29. The fourth-order valence-corrected chi connectivity index (χ4v) is 5.58. The second-order valence-corrected chi connectivity index (χ2v) is 10.9. The summed E-state index contributed by atoms with van der Waals surface area (Å²) < 4.78 is 44.2. The third-order valence-corrected chi connectivity index (χ3v) is 7.87. The SMILES string of the molecule is CCCCc1nc2ccc(N3Cc4ccccc4C3=O)cc2n1Cc1ccc(-c2ccccc2C(=O)OC(=O)C(F)(F)F)cc1. The van der Waals surface area contributed by atoms with Crippen molar-refractivity contribution in [2.45, 2.75) is 45.5 Å². The van der Waals surface area contributed by atoms with E-state index in [1.807, 2.05) is 54.6 Å². The van der Waals surface area contributed by atoms with Gasteiger partial charge in [0.25, 0.3) is 5.91 Å². The van der Waals surface area contributed by atoms with E-state index in [1.165, 1.54) is 12.1 Å². The van der Waals surface area contributed by atoms with Crippen LogP contribution in [0.4, 0.5) is 18.9 Å². The quantitative estimate of drug-likeness (QED) is 0.134. The highest BCUT2D eigenvalue weighted by atomic mass is 19.4. The molecule has 5 aromatic rings. The Labute approximate surface area is 256 Å². The summed E-state index contributed by atoms with van der Waals surface area (Å²) in [6.07, 6.45) is -2.55. The van der Waals surface area contributed by atoms with Crippen molar-refractivity contribution >= 4 is 34.6 Å². The van der Waals surface area contributed by atoms with Crippen LogP contribution in [0.25, 0.3) is 22.2 Å². The third kappa shape index (κ3) is 5.95. The predicted molar refractivity (Wildman–Crippen MR) is 163 cm³/mol. The number of alkyl halides is 3. The number of esters is 2. The minimum absolute atomic E-state index is 0.0373. The molecule has 10 heteroatoms. The van der Waals surface area contributed by atoms with Crippen LogP contribution < -0.4 is 4.90 Å². The molecule has 0 unspecified atom stereocenters. The van der Waals surface area contributed by atoms with E-state index < -0.39 is 18.1 Å². The maximum absolute atomic E-state index is 13.2. The monoisotopic (exact) mass is 611 g/mol. The molecule has 0 aliphatic carbocycles. The van der Waals surface area contributed by atoms with E-state index in [2.05, 4.69) is 16.2 Å². The molecule has 0 radical (unpaired) electrons. The van der Waals surface area contributed by atoms with Gasteiger partial charge >= 0.3 is 18.1 Å². The second-order valence-electron chi connectivity index (χ2n) is 10.9. The van der Waals surface area contributed by atoms with Gasteiger partial charge in [0.2, 0.25) is 0 Å². The number of halogens is 3. The van der Waals surface area contributed by atoms with Crippen LogP contribution in [0.3, 0.4) is 0 Å². The highest BCUT2D eigenvalue weighted by Gasteiger charge is 2.42. The molecule has 0 saturated heterocycles. The van der Waals surface area contributed by atoms with Crippen LogP contribution >= 0.6 is 0 Å². The van der Waals surface area contributed by atoms with E-state index in [4.69, 9.17) is 4.98 Å². The number of anilines is 1. The number of amides is 1. The van der Waals surface area contributed by atoms with Crippen LogP contribution in [0.2, 0.25) is 0 Å². The van der Waals surface area contributed by atoms with E-state index in [9.17, 15) is 27.6 Å². The van der Waals surface area contributed by atoms with Gasteiger partial charge < -0.3 is 14.2 Å². The van der Waals surface area contributed by atoms with Crippen molar-refractivity contribution in [2.75, 3.05) is 4.90 Å². The lowest BCUT2D eigenvalue weighted by atomic mass is 9.98. The molecule has 4 aromatic carbocycles. The number of ether oxygens (including phenoxy) is 1. The zero-order chi connectivity index (χ0) is 31.7. The number of fused-ring (bicyclic) bond motifs is 2.